The number of rotatable bonds is 3. The molecule has 0 fully saturated rings. The molecule has 1 aliphatic carbocycles. The van der Waals surface area contributed by atoms with Crippen LogP contribution in [0.3, 0.4) is 0 Å². The number of carboxylic acid groups (broad SMARTS) is 1. The molecular weight excluding hydrogens is 280 g/mol. The molecule has 1 aromatic rings. The molecule has 1 aromatic carbocycles. The third-order valence-electron chi connectivity index (χ3n) is 3.08. The van der Waals surface area contributed by atoms with Gasteiger partial charge in [-0.25, -0.2) is 9.59 Å². The van der Waals surface area contributed by atoms with Crippen molar-refractivity contribution in [2.24, 2.45) is 0 Å². The largest absolute Gasteiger partial charge is 0.478 e. The van der Waals surface area contributed by atoms with Crippen LogP contribution in [0, 0.1) is 0 Å². The summed E-state index contributed by atoms with van der Waals surface area (Å²) in [4.78, 5) is 23.0. The van der Waals surface area contributed by atoms with Crippen LogP contribution in [0.5, 0.6) is 0 Å². The third-order valence-corrected chi connectivity index (χ3v) is 3.39. The first kappa shape index (κ1) is 14.4. The SMILES string of the molecule is O=C(Nc1cccc(Cl)c1C(=O)O)NC1CC=CCC1. The van der Waals surface area contributed by atoms with E-state index in [1.165, 1.54) is 12.1 Å². The van der Waals surface area contributed by atoms with Crippen molar-refractivity contribution in [2.75, 3.05) is 5.32 Å². The Morgan fingerprint density at radius 3 is 2.75 bits per heavy atom. The van der Waals surface area contributed by atoms with Crippen molar-refractivity contribution in [3.05, 3.63) is 40.9 Å². The van der Waals surface area contributed by atoms with Gasteiger partial charge in [-0.05, 0) is 31.4 Å². The predicted octanol–water partition coefficient (Wildman–Crippen LogP) is 3.27. The highest BCUT2D eigenvalue weighted by atomic mass is 35.5. The maximum absolute atomic E-state index is 11.9. The first-order valence-electron chi connectivity index (χ1n) is 6.32. The summed E-state index contributed by atoms with van der Waals surface area (Å²) in [6, 6.07) is 4.23. The number of nitrogens with one attached hydrogen (secondary N) is 2. The Morgan fingerprint density at radius 2 is 2.10 bits per heavy atom. The Bertz CT molecular complexity index is 557. The number of benzene rings is 1. The lowest BCUT2D eigenvalue weighted by Crippen LogP contribution is -2.38. The fraction of sp³-hybridized carbons (Fsp3) is 0.286. The van der Waals surface area contributed by atoms with Gasteiger partial charge in [-0.2, -0.15) is 0 Å². The Hall–Kier alpha value is -2.01. The average Bonchev–Trinajstić information content (AvgIpc) is 2.39. The van der Waals surface area contributed by atoms with E-state index in [1.54, 1.807) is 6.07 Å². The highest BCUT2D eigenvalue weighted by molar-refractivity contribution is 6.34. The molecule has 106 valence electrons. The van der Waals surface area contributed by atoms with Crippen LogP contribution in [0.2, 0.25) is 5.02 Å². The van der Waals surface area contributed by atoms with Crippen LogP contribution in [0.1, 0.15) is 29.6 Å². The van der Waals surface area contributed by atoms with Gasteiger partial charge in [0.2, 0.25) is 0 Å². The van der Waals surface area contributed by atoms with E-state index in [2.05, 4.69) is 16.7 Å². The molecule has 20 heavy (non-hydrogen) atoms. The van der Waals surface area contributed by atoms with Crippen LogP contribution < -0.4 is 10.6 Å². The number of urea groups is 1. The van der Waals surface area contributed by atoms with Crippen molar-refractivity contribution in [3.63, 3.8) is 0 Å². The van der Waals surface area contributed by atoms with Gasteiger partial charge in [-0.15, -0.1) is 0 Å². The number of carboxylic acids is 1. The second-order valence-electron chi connectivity index (χ2n) is 4.55. The molecule has 5 nitrogen and oxygen atoms in total. The van der Waals surface area contributed by atoms with Gasteiger partial charge in [0.05, 0.1) is 10.7 Å². The summed E-state index contributed by atoms with van der Waals surface area (Å²) in [5, 5.41) is 14.6. The predicted molar refractivity (Wildman–Crippen MR) is 77.3 cm³/mol. The standard InChI is InChI=1S/C14H15ClN2O3/c15-10-7-4-8-11(12(10)13(18)19)17-14(20)16-9-5-2-1-3-6-9/h1-2,4,7-9H,3,5-6H2,(H,18,19)(H2,16,17,20). The van der Waals surface area contributed by atoms with Crippen LogP contribution in [0.4, 0.5) is 10.5 Å². The summed E-state index contributed by atoms with van der Waals surface area (Å²) < 4.78 is 0. The number of aromatic carboxylic acids is 1. The van der Waals surface area contributed by atoms with Crippen molar-refractivity contribution in [3.8, 4) is 0 Å². The highest BCUT2D eigenvalue weighted by Crippen LogP contribution is 2.24. The molecule has 0 spiro atoms. The van der Waals surface area contributed by atoms with Crippen molar-refractivity contribution >= 4 is 29.3 Å². The second kappa shape index (κ2) is 6.43. The lowest BCUT2D eigenvalue weighted by atomic mass is 10.0. The summed E-state index contributed by atoms with van der Waals surface area (Å²) in [5.74, 6) is -1.17. The van der Waals surface area contributed by atoms with Gasteiger partial charge >= 0.3 is 12.0 Å². The van der Waals surface area contributed by atoms with Crippen LogP contribution >= 0.6 is 11.6 Å². The maximum atomic E-state index is 11.9. The smallest absolute Gasteiger partial charge is 0.339 e. The maximum Gasteiger partial charge on any atom is 0.339 e. The third kappa shape index (κ3) is 3.51. The summed E-state index contributed by atoms with van der Waals surface area (Å²) in [5.41, 5.74) is 0.0849. The topological polar surface area (TPSA) is 78.4 Å². The number of carbonyl (C=O) groups excluding carboxylic acids is 1. The molecule has 2 amide bonds. The van der Waals surface area contributed by atoms with E-state index in [-0.39, 0.29) is 22.3 Å². The Balaban J connectivity index is 2.06. The number of halogens is 1. The van der Waals surface area contributed by atoms with Gasteiger partial charge in [-0.3, -0.25) is 0 Å². The molecule has 0 saturated heterocycles. The fourth-order valence-corrected chi connectivity index (χ4v) is 2.37. The van der Waals surface area contributed by atoms with Gasteiger partial charge in [0, 0.05) is 6.04 Å². The van der Waals surface area contributed by atoms with Crippen LogP contribution in [-0.4, -0.2) is 23.1 Å². The van der Waals surface area contributed by atoms with E-state index < -0.39 is 12.0 Å². The summed E-state index contributed by atoms with van der Waals surface area (Å²) in [7, 11) is 0. The highest BCUT2D eigenvalue weighted by Gasteiger charge is 2.18. The van der Waals surface area contributed by atoms with Gasteiger partial charge < -0.3 is 15.7 Å². The van der Waals surface area contributed by atoms with Crippen molar-refractivity contribution in [1.82, 2.24) is 5.32 Å². The number of allylic oxidation sites excluding steroid dienone is 1. The average molecular weight is 295 g/mol. The molecule has 0 aliphatic heterocycles. The zero-order valence-electron chi connectivity index (χ0n) is 10.7. The second-order valence-corrected chi connectivity index (χ2v) is 4.95. The first-order valence-corrected chi connectivity index (χ1v) is 6.70. The number of hydrogen-bond donors (Lipinski definition) is 3. The molecule has 1 unspecified atom stereocenters. The van der Waals surface area contributed by atoms with E-state index in [1.807, 2.05) is 6.08 Å². The van der Waals surface area contributed by atoms with Crippen molar-refractivity contribution < 1.29 is 14.7 Å². The molecule has 0 aromatic heterocycles. The lowest BCUT2D eigenvalue weighted by molar-refractivity contribution is 0.0698. The number of amides is 2. The first-order chi connectivity index (χ1) is 9.58. The molecule has 1 aliphatic rings. The Labute approximate surface area is 121 Å². The molecule has 1 atom stereocenters. The summed E-state index contributed by atoms with van der Waals surface area (Å²) >= 11 is 5.84. The van der Waals surface area contributed by atoms with Gasteiger partial charge in [0.15, 0.2) is 0 Å². The fourth-order valence-electron chi connectivity index (χ4n) is 2.11. The molecule has 0 saturated carbocycles. The van der Waals surface area contributed by atoms with E-state index in [0.29, 0.717) is 0 Å². The minimum absolute atomic E-state index is 0.0764. The normalized spacial score (nSPS) is 17.6. The zero-order chi connectivity index (χ0) is 14.5. The van der Waals surface area contributed by atoms with Crippen LogP contribution in [0.15, 0.2) is 30.4 Å². The minimum atomic E-state index is -1.17. The van der Waals surface area contributed by atoms with E-state index in [0.717, 1.165) is 19.3 Å². The van der Waals surface area contributed by atoms with Gasteiger partial charge in [0.1, 0.15) is 5.56 Å². The van der Waals surface area contributed by atoms with E-state index in [9.17, 15) is 9.59 Å². The summed E-state index contributed by atoms with van der Waals surface area (Å²) in [6.45, 7) is 0. The summed E-state index contributed by atoms with van der Waals surface area (Å²) in [6.07, 6.45) is 6.70. The minimum Gasteiger partial charge on any atom is -0.478 e. The lowest BCUT2D eigenvalue weighted by Gasteiger charge is -2.20. The number of carbonyl (C=O) groups is 2. The molecule has 2 rings (SSSR count). The Kier molecular flexibility index (Phi) is 4.63. The van der Waals surface area contributed by atoms with Gasteiger partial charge in [-0.1, -0.05) is 29.8 Å². The quantitative estimate of drug-likeness (QED) is 0.749. The zero-order valence-corrected chi connectivity index (χ0v) is 11.5. The van der Waals surface area contributed by atoms with Crippen molar-refractivity contribution in [1.29, 1.82) is 0 Å². The molecule has 0 radical (unpaired) electrons. The Morgan fingerprint density at radius 1 is 1.30 bits per heavy atom. The molecule has 0 bridgehead atoms. The number of hydrogen-bond acceptors (Lipinski definition) is 2. The van der Waals surface area contributed by atoms with Crippen LogP contribution in [-0.2, 0) is 0 Å². The molecule has 3 N–H and O–H groups in total. The van der Waals surface area contributed by atoms with E-state index >= 15 is 0 Å². The number of anilines is 1. The molecular formula is C14H15ClN2O3. The van der Waals surface area contributed by atoms with E-state index in [4.69, 9.17) is 16.7 Å². The monoisotopic (exact) mass is 294 g/mol. The molecule has 0 heterocycles. The van der Waals surface area contributed by atoms with Gasteiger partial charge in [0.25, 0.3) is 0 Å². The van der Waals surface area contributed by atoms with Crippen molar-refractivity contribution in [2.45, 2.75) is 25.3 Å². The molecule has 6 heteroatoms. The van der Waals surface area contributed by atoms with Crippen LogP contribution in [0.25, 0.3) is 0 Å².